The molecule has 0 N–H and O–H groups in total. The second-order valence-electron chi connectivity index (χ2n) is 16.0. The highest BCUT2D eigenvalue weighted by molar-refractivity contribution is 6.18. The van der Waals surface area contributed by atoms with Gasteiger partial charge in [0.2, 0.25) is 0 Å². The van der Waals surface area contributed by atoms with Crippen LogP contribution >= 0.6 is 0 Å². The Morgan fingerprint density at radius 1 is 0.424 bits per heavy atom. The van der Waals surface area contributed by atoms with Crippen LogP contribution in [0.15, 0.2) is 186 Å². The first-order valence-electron chi connectivity index (χ1n) is 20.1. The van der Waals surface area contributed by atoms with Crippen molar-refractivity contribution < 1.29 is 4.42 Å². The molecule has 0 spiro atoms. The van der Waals surface area contributed by atoms with Crippen molar-refractivity contribution in [1.82, 2.24) is 19.5 Å². The minimum Gasteiger partial charge on any atom is -0.455 e. The van der Waals surface area contributed by atoms with Crippen molar-refractivity contribution in [1.29, 1.82) is 0 Å². The lowest BCUT2D eigenvalue weighted by Crippen LogP contribution is -2.14. The molecule has 0 amide bonds. The van der Waals surface area contributed by atoms with Crippen molar-refractivity contribution in [2.75, 3.05) is 0 Å². The molecule has 0 atom stereocenters. The number of hydrogen-bond acceptors (Lipinski definition) is 4. The van der Waals surface area contributed by atoms with E-state index in [4.69, 9.17) is 19.4 Å². The number of fused-ring (bicyclic) bond motifs is 10. The largest absolute Gasteiger partial charge is 0.455 e. The summed E-state index contributed by atoms with van der Waals surface area (Å²) in [5.41, 5.74) is 15.2. The van der Waals surface area contributed by atoms with Gasteiger partial charge < -0.3 is 8.98 Å². The fourth-order valence-corrected chi connectivity index (χ4v) is 9.46. The van der Waals surface area contributed by atoms with Crippen molar-refractivity contribution >= 4 is 43.7 Å². The van der Waals surface area contributed by atoms with E-state index < -0.39 is 0 Å². The Bertz CT molecular complexity index is 3400. The van der Waals surface area contributed by atoms with Crippen LogP contribution in [0, 0.1) is 0 Å². The molecule has 0 aliphatic heterocycles. The Morgan fingerprint density at radius 2 is 1.00 bits per heavy atom. The van der Waals surface area contributed by atoms with Crippen LogP contribution in [0.1, 0.15) is 25.0 Å². The normalized spacial score (nSPS) is 13.1. The standard InChI is InChI=1S/C54H36N4O/c1-54(2)44-27-13-12-22-41(44)47-45(54)30-29-38-43-32-35(28-31-46(43)58(48(38)47)36-20-10-5-11-21-36)37-23-14-24-39-40-25-15-26-42(50(40)59-49(37)39)53-56-51(33-16-6-3-7-17-33)55-52(57-53)34-18-8-4-9-19-34/h3-32H,1-2H3. The van der Waals surface area contributed by atoms with Crippen molar-refractivity contribution in [2.45, 2.75) is 19.3 Å². The van der Waals surface area contributed by atoms with Gasteiger partial charge in [-0.05, 0) is 52.6 Å². The number of nitrogens with zero attached hydrogens (tertiary/aromatic N) is 4. The smallest absolute Gasteiger partial charge is 0.167 e. The Hall–Kier alpha value is -7.63. The van der Waals surface area contributed by atoms with Crippen molar-refractivity contribution in [3.05, 3.63) is 193 Å². The van der Waals surface area contributed by atoms with Gasteiger partial charge in [-0.2, -0.15) is 0 Å². The number of aromatic nitrogens is 4. The van der Waals surface area contributed by atoms with E-state index in [1.165, 1.54) is 44.1 Å². The summed E-state index contributed by atoms with van der Waals surface area (Å²) in [6.45, 7) is 4.70. The molecular formula is C54H36N4O. The maximum Gasteiger partial charge on any atom is 0.167 e. The fourth-order valence-electron chi connectivity index (χ4n) is 9.46. The van der Waals surface area contributed by atoms with E-state index in [2.05, 4.69) is 134 Å². The molecular weight excluding hydrogens is 721 g/mol. The van der Waals surface area contributed by atoms with Gasteiger partial charge in [0.05, 0.1) is 16.6 Å². The lowest BCUT2D eigenvalue weighted by atomic mass is 9.82. The van der Waals surface area contributed by atoms with Crippen LogP contribution in [-0.4, -0.2) is 19.5 Å². The molecule has 278 valence electrons. The Balaban J connectivity index is 1.07. The van der Waals surface area contributed by atoms with Crippen LogP contribution in [0.4, 0.5) is 0 Å². The Labute approximate surface area is 340 Å². The summed E-state index contributed by atoms with van der Waals surface area (Å²) in [6.07, 6.45) is 0. The number of benzene rings is 8. The first kappa shape index (κ1) is 33.5. The minimum atomic E-state index is -0.105. The molecule has 8 aromatic carbocycles. The van der Waals surface area contributed by atoms with Crippen molar-refractivity contribution in [2.24, 2.45) is 0 Å². The molecule has 0 fully saturated rings. The average molecular weight is 757 g/mol. The molecule has 59 heavy (non-hydrogen) atoms. The zero-order valence-electron chi connectivity index (χ0n) is 32.5. The van der Waals surface area contributed by atoms with Gasteiger partial charge >= 0.3 is 0 Å². The highest BCUT2D eigenvalue weighted by atomic mass is 16.3. The van der Waals surface area contributed by atoms with Crippen LogP contribution < -0.4 is 0 Å². The predicted octanol–water partition coefficient (Wildman–Crippen LogP) is 13.8. The lowest BCUT2D eigenvalue weighted by Gasteiger charge is -2.21. The molecule has 3 heterocycles. The first-order valence-corrected chi connectivity index (χ1v) is 20.1. The van der Waals surface area contributed by atoms with E-state index in [1.54, 1.807) is 0 Å². The maximum atomic E-state index is 7.01. The van der Waals surface area contributed by atoms with Gasteiger partial charge in [-0.1, -0.05) is 166 Å². The summed E-state index contributed by atoms with van der Waals surface area (Å²) in [5, 5.41) is 4.49. The van der Waals surface area contributed by atoms with E-state index in [-0.39, 0.29) is 5.41 Å². The third-order valence-corrected chi connectivity index (χ3v) is 12.3. The quantitative estimate of drug-likeness (QED) is 0.175. The third-order valence-electron chi connectivity index (χ3n) is 12.3. The topological polar surface area (TPSA) is 56.7 Å². The van der Waals surface area contributed by atoms with Crippen LogP contribution in [0.5, 0.6) is 0 Å². The number of furan rings is 1. The fraction of sp³-hybridized carbons (Fsp3) is 0.0556. The van der Waals surface area contributed by atoms with Gasteiger partial charge in [0.1, 0.15) is 11.2 Å². The van der Waals surface area contributed by atoms with E-state index in [0.29, 0.717) is 17.5 Å². The van der Waals surface area contributed by atoms with E-state index in [1.807, 2.05) is 66.7 Å². The van der Waals surface area contributed by atoms with Gasteiger partial charge in [0.15, 0.2) is 17.5 Å². The van der Waals surface area contributed by atoms with Gasteiger partial charge in [-0.3, -0.25) is 0 Å². The number of rotatable bonds is 5. The molecule has 12 rings (SSSR count). The molecule has 1 aliphatic rings. The van der Waals surface area contributed by atoms with E-state index in [0.717, 1.165) is 55.4 Å². The summed E-state index contributed by atoms with van der Waals surface area (Å²) in [7, 11) is 0. The predicted molar refractivity (Wildman–Crippen MR) is 241 cm³/mol. The van der Waals surface area contributed by atoms with E-state index in [9.17, 15) is 0 Å². The minimum absolute atomic E-state index is 0.105. The Kier molecular flexibility index (Phi) is 7.20. The summed E-state index contributed by atoms with van der Waals surface area (Å²) < 4.78 is 9.47. The molecule has 11 aromatic rings. The lowest BCUT2D eigenvalue weighted by molar-refractivity contribution is 0.661. The van der Waals surface area contributed by atoms with E-state index >= 15 is 0 Å². The second-order valence-corrected chi connectivity index (χ2v) is 16.0. The van der Waals surface area contributed by atoms with Crippen molar-refractivity contribution in [3.63, 3.8) is 0 Å². The summed E-state index contributed by atoms with van der Waals surface area (Å²) in [6, 6.07) is 64.1. The van der Waals surface area contributed by atoms with Crippen LogP contribution in [-0.2, 0) is 5.41 Å². The molecule has 0 saturated heterocycles. The highest BCUT2D eigenvalue weighted by Gasteiger charge is 2.37. The molecule has 1 aliphatic carbocycles. The maximum absolute atomic E-state index is 7.01. The molecule has 5 nitrogen and oxygen atoms in total. The van der Waals surface area contributed by atoms with Crippen LogP contribution in [0.25, 0.3) is 106 Å². The molecule has 0 saturated carbocycles. The van der Waals surface area contributed by atoms with Crippen LogP contribution in [0.2, 0.25) is 0 Å². The van der Waals surface area contributed by atoms with Gasteiger partial charge in [0, 0.05) is 54.9 Å². The Morgan fingerprint density at radius 3 is 1.69 bits per heavy atom. The molecule has 5 heteroatoms. The number of para-hydroxylation sites is 3. The average Bonchev–Trinajstić information content (AvgIpc) is 3.92. The van der Waals surface area contributed by atoms with Gasteiger partial charge in [-0.25, -0.2) is 15.0 Å². The van der Waals surface area contributed by atoms with Gasteiger partial charge in [-0.15, -0.1) is 0 Å². The molecule has 0 bridgehead atoms. The summed E-state index contributed by atoms with van der Waals surface area (Å²) in [5.74, 6) is 1.80. The monoisotopic (exact) mass is 756 g/mol. The SMILES string of the molecule is CC1(C)c2ccccc2-c2c1ccc1c3cc(-c4cccc5c4oc4c(-c6nc(-c7ccccc7)nc(-c7ccccc7)n6)cccc45)ccc3n(-c3ccccc3)c21. The molecule has 0 unspecified atom stereocenters. The molecule has 3 aromatic heterocycles. The van der Waals surface area contributed by atoms with Crippen LogP contribution in [0.3, 0.4) is 0 Å². The third kappa shape index (κ3) is 5.01. The highest BCUT2D eigenvalue weighted by Crippen LogP contribution is 2.53. The van der Waals surface area contributed by atoms with Gasteiger partial charge in [0.25, 0.3) is 0 Å². The zero-order valence-corrected chi connectivity index (χ0v) is 32.5. The summed E-state index contributed by atoms with van der Waals surface area (Å²) >= 11 is 0. The molecule has 0 radical (unpaired) electrons. The van der Waals surface area contributed by atoms with Crippen molar-refractivity contribution in [3.8, 4) is 62.1 Å². The summed E-state index contributed by atoms with van der Waals surface area (Å²) in [4.78, 5) is 15.0. The second kappa shape index (κ2) is 12.7. The first-order chi connectivity index (χ1) is 29.0. The number of hydrogen-bond donors (Lipinski definition) is 0. The zero-order chi connectivity index (χ0) is 39.2.